The molecule has 0 unspecified atom stereocenters. The van der Waals surface area contributed by atoms with Gasteiger partial charge in [-0.25, -0.2) is 4.79 Å². The minimum atomic E-state index is -4.43. The molecule has 0 saturated carbocycles. The van der Waals surface area contributed by atoms with Crippen LogP contribution in [0, 0.1) is 0 Å². The Kier molecular flexibility index (Phi) is 4.40. The molecule has 0 aliphatic carbocycles. The number of benzene rings is 1. The number of rotatable bonds is 1. The third-order valence-corrected chi connectivity index (χ3v) is 3.51. The van der Waals surface area contributed by atoms with Crippen LogP contribution in [0.15, 0.2) is 24.3 Å². The summed E-state index contributed by atoms with van der Waals surface area (Å²) in [5.41, 5.74) is -1.22. The summed E-state index contributed by atoms with van der Waals surface area (Å²) in [5, 5.41) is 0. The largest absolute Gasteiger partial charge is 0.444 e. The molecule has 1 aromatic carbocycles. The van der Waals surface area contributed by atoms with Gasteiger partial charge in [0.2, 0.25) is 0 Å². The minimum absolute atomic E-state index is 0.137. The lowest BCUT2D eigenvalue weighted by molar-refractivity contribution is -0.138. The zero-order chi connectivity index (χ0) is 16.5. The first-order valence-corrected chi connectivity index (χ1v) is 7.25. The third kappa shape index (κ3) is 3.72. The molecule has 122 valence electrons. The fourth-order valence-corrected chi connectivity index (χ4v) is 2.67. The van der Waals surface area contributed by atoms with Crippen LogP contribution in [0.3, 0.4) is 0 Å². The van der Waals surface area contributed by atoms with Crippen LogP contribution in [-0.4, -0.2) is 23.1 Å². The molecule has 1 heterocycles. The first kappa shape index (κ1) is 16.6. The maximum absolute atomic E-state index is 13.2. The second-order valence-electron chi connectivity index (χ2n) is 6.42. The van der Waals surface area contributed by atoms with Crippen molar-refractivity contribution in [2.75, 3.05) is 6.54 Å². The summed E-state index contributed by atoms with van der Waals surface area (Å²) in [4.78, 5) is 13.6. The number of likely N-dealkylation sites (tertiary alicyclic amines) is 1. The van der Waals surface area contributed by atoms with Gasteiger partial charge in [0.25, 0.3) is 0 Å². The van der Waals surface area contributed by atoms with E-state index in [9.17, 15) is 18.0 Å². The molecule has 1 aromatic rings. The molecule has 1 atom stereocenters. The third-order valence-electron chi connectivity index (χ3n) is 3.51. The van der Waals surface area contributed by atoms with Crippen molar-refractivity contribution in [2.45, 2.75) is 51.4 Å². The highest BCUT2D eigenvalue weighted by Gasteiger charge is 2.39. The van der Waals surface area contributed by atoms with E-state index in [0.29, 0.717) is 19.4 Å². The number of amides is 1. The van der Waals surface area contributed by atoms with Crippen LogP contribution in [-0.2, 0) is 10.9 Å². The highest BCUT2D eigenvalue weighted by atomic mass is 19.4. The normalized spacial score (nSPS) is 19.4. The summed E-state index contributed by atoms with van der Waals surface area (Å²) < 4.78 is 44.8. The first-order valence-electron chi connectivity index (χ1n) is 7.25. The van der Waals surface area contributed by atoms with Crippen molar-refractivity contribution >= 4 is 6.09 Å². The van der Waals surface area contributed by atoms with E-state index < -0.39 is 29.5 Å². The average Bonchev–Trinajstić information content (AvgIpc) is 2.84. The summed E-state index contributed by atoms with van der Waals surface area (Å²) >= 11 is 0. The van der Waals surface area contributed by atoms with Crippen LogP contribution in [0.25, 0.3) is 0 Å². The van der Waals surface area contributed by atoms with Gasteiger partial charge in [-0.3, -0.25) is 0 Å². The van der Waals surface area contributed by atoms with Gasteiger partial charge < -0.3 is 9.64 Å². The molecule has 0 N–H and O–H groups in total. The lowest BCUT2D eigenvalue weighted by atomic mass is 9.98. The van der Waals surface area contributed by atoms with E-state index in [0.717, 1.165) is 6.07 Å². The molecule has 1 aliphatic rings. The molecular formula is C16H20F3NO2. The summed E-state index contributed by atoms with van der Waals surface area (Å²) in [6.45, 7) is 5.62. The predicted octanol–water partition coefficient (Wildman–Crippen LogP) is 4.78. The molecule has 1 aliphatic heterocycles. The monoisotopic (exact) mass is 315 g/mol. The van der Waals surface area contributed by atoms with Crippen LogP contribution in [0.2, 0.25) is 0 Å². The Balaban J connectivity index is 2.30. The predicted molar refractivity (Wildman–Crippen MR) is 76.4 cm³/mol. The Morgan fingerprint density at radius 1 is 1.23 bits per heavy atom. The van der Waals surface area contributed by atoms with Gasteiger partial charge >= 0.3 is 12.3 Å². The fraction of sp³-hybridized carbons (Fsp3) is 0.562. The van der Waals surface area contributed by atoms with Gasteiger partial charge in [-0.15, -0.1) is 0 Å². The Morgan fingerprint density at radius 3 is 2.45 bits per heavy atom. The highest BCUT2D eigenvalue weighted by molar-refractivity contribution is 5.69. The summed E-state index contributed by atoms with van der Waals surface area (Å²) in [5.74, 6) is 0. The van der Waals surface area contributed by atoms with Crippen LogP contribution < -0.4 is 0 Å². The Hall–Kier alpha value is -1.72. The van der Waals surface area contributed by atoms with E-state index in [1.165, 1.54) is 17.0 Å². The molecule has 0 bridgehead atoms. The number of halogens is 3. The maximum atomic E-state index is 13.2. The van der Waals surface area contributed by atoms with Gasteiger partial charge in [-0.1, -0.05) is 18.2 Å². The minimum Gasteiger partial charge on any atom is -0.444 e. The lowest BCUT2D eigenvalue weighted by Gasteiger charge is -2.30. The van der Waals surface area contributed by atoms with Gasteiger partial charge in [-0.05, 0) is 45.2 Å². The highest BCUT2D eigenvalue weighted by Crippen LogP contribution is 2.40. The molecule has 1 amide bonds. The standard InChI is InChI=1S/C16H20F3NO2/c1-15(2,3)22-14(21)20-10-6-9-13(20)11-7-4-5-8-12(11)16(17,18)19/h4-5,7-8,13H,6,9-10H2,1-3H3/t13-/m0/s1. The SMILES string of the molecule is CC(C)(C)OC(=O)N1CCC[C@H]1c1ccccc1C(F)(F)F. The van der Waals surface area contributed by atoms with E-state index >= 15 is 0 Å². The van der Waals surface area contributed by atoms with Crippen molar-refractivity contribution in [3.63, 3.8) is 0 Å². The number of hydrogen-bond donors (Lipinski definition) is 0. The van der Waals surface area contributed by atoms with Gasteiger partial charge in [0.15, 0.2) is 0 Å². The molecule has 0 radical (unpaired) electrons. The van der Waals surface area contributed by atoms with E-state index in [4.69, 9.17) is 4.74 Å². The number of carbonyl (C=O) groups is 1. The molecule has 0 spiro atoms. The Morgan fingerprint density at radius 2 is 1.86 bits per heavy atom. The van der Waals surface area contributed by atoms with Crippen molar-refractivity contribution < 1.29 is 22.7 Å². The molecule has 3 nitrogen and oxygen atoms in total. The number of nitrogens with zero attached hydrogens (tertiary/aromatic N) is 1. The van der Waals surface area contributed by atoms with Crippen LogP contribution in [0.1, 0.15) is 50.8 Å². The number of ether oxygens (including phenoxy) is 1. The van der Waals surface area contributed by atoms with E-state index in [1.54, 1.807) is 26.8 Å². The second kappa shape index (κ2) is 5.82. The number of carbonyl (C=O) groups excluding carboxylic acids is 1. The molecular weight excluding hydrogens is 295 g/mol. The van der Waals surface area contributed by atoms with Gasteiger partial charge in [0, 0.05) is 6.54 Å². The van der Waals surface area contributed by atoms with E-state index in [2.05, 4.69) is 0 Å². The molecule has 2 rings (SSSR count). The molecule has 1 saturated heterocycles. The van der Waals surface area contributed by atoms with Crippen molar-refractivity contribution in [3.8, 4) is 0 Å². The lowest BCUT2D eigenvalue weighted by Crippen LogP contribution is -2.36. The average molecular weight is 315 g/mol. The smallest absolute Gasteiger partial charge is 0.416 e. The number of alkyl halides is 3. The molecule has 0 aromatic heterocycles. The van der Waals surface area contributed by atoms with Crippen LogP contribution in [0.5, 0.6) is 0 Å². The fourth-order valence-electron chi connectivity index (χ4n) is 2.67. The van der Waals surface area contributed by atoms with Crippen molar-refractivity contribution in [1.29, 1.82) is 0 Å². The summed E-state index contributed by atoms with van der Waals surface area (Å²) in [6.07, 6.45) is -3.83. The summed E-state index contributed by atoms with van der Waals surface area (Å²) in [7, 11) is 0. The first-order chi connectivity index (χ1) is 10.1. The van der Waals surface area contributed by atoms with Crippen molar-refractivity contribution in [1.82, 2.24) is 4.90 Å². The molecule has 22 heavy (non-hydrogen) atoms. The molecule has 6 heteroatoms. The Labute approximate surface area is 128 Å². The molecule has 1 fully saturated rings. The summed E-state index contributed by atoms with van der Waals surface area (Å²) in [6, 6.07) is 4.83. The topological polar surface area (TPSA) is 29.5 Å². The van der Waals surface area contributed by atoms with Gasteiger partial charge in [-0.2, -0.15) is 13.2 Å². The zero-order valence-electron chi connectivity index (χ0n) is 12.9. The maximum Gasteiger partial charge on any atom is 0.416 e. The second-order valence-corrected chi connectivity index (χ2v) is 6.42. The zero-order valence-corrected chi connectivity index (χ0v) is 12.9. The Bertz CT molecular complexity index is 549. The van der Waals surface area contributed by atoms with Crippen LogP contribution in [0.4, 0.5) is 18.0 Å². The van der Waals surface area contributed by atoms with Crippen molar-refractivity contribution in [3.05, 3.63) is 35.4 Å². The van der Waals surface area contributed by atoms with Gasteiger partial charge in [0.05, 0.1) is 11.6 Å². The van der Waals surface area contributed by atoms with Crippen molar-refractivity contribution in [2.24, 2.45) is 0 Å². The van der Waals surface area contributed by atoms with Crippen LogP contribution >= 0.6 is 0 Å². The quantitative estimate of drug-likeness (QED) is 0.746. The van der Waals surface area contributed by atoms with E-state index in [1.807, 2.05) is 0 Å². The number of hydrogen-bond acceptors (Lipinski definition) is 2. The van der Waals surface area contributed by atoms with E-state index in [-0.39, 0.29) is 5.56 Å². The van der Waals surface area contributed by atoms with Gasteiger partial charge in [0.1, 0.15) is 5.60 Å².